The summed E-state index contributed by atoms with van der Waals surface area (Å²) in [5.74, 6) is 0.206. The van der Waals surface area contributed by atoms with Gasteiger partial charge in [-0.05, 0) is 24.3 Å². The maximum absolute atomic E-state index is 12.2. The summed E-state index contributed by atoms with van der Waals surface area (Å²) >= 11 is 3.15. The third-order valence-electron chi connectivity index (χ3n) is 3.28. The Morgan fingerprint density at radius 1 is 1.40 bits per heavy atom. The van der Waals surface area contributed by atoms with Gasteiger partial charge in [-0.2, -0.15) is 0 Å². The van der Waals surface area contributed by atoms with Crippen molar-refractivity contribution in [1.29, 1.82) is 0 Å². The molecule has 0 aliphatic heterocycles. The zero-order chi connectivity index (χ0) is 14.4. The van der Waals surface area contributed by atoms with Crippen LogP contribution in [0, 0.1) is 5.92 Å². The van der Waals surface area contributed by atoms with E-state index in [-0.39, 0.29) is 11.8 Å². The largest absolute Gasteiger partial charge is 0.302 e. The highest BCUT2D eigenvalue weighted by Crippen LogP contribution is 2.28. The first-order chi connectivity index (χ1) is 9.74. The van der Waals surface area contributed by atoms with Crippen LogP contribution in [-0.4, -0.2) is 10.9 Å². The Labute approximate surface area is 128 Å². The Morgan fingerprint density at radius 3 is 2.90 bits per heavy atom. The van der Waals surface area contributed by atoms with E-state index in [9.17, 15) is 4.79 Å². The molecule has 1 N–H and O–H groups in total. The predicted molar refractivity (Wildman–Crippen MR) is 87.4 cm³/mol. The van der Waals surface area contributed by atoms with Crippen LogP contribution in [0.4, 0.5) is 5.13 Å². The van der Waals surface area contributed by atoms with Gasteiger partial charge in [0.15, 0.2) is 5.13 Å². The topological polar surface area (TPSA) is 42.0 Å². The number of unbranched alkanes of at least 4 members (excludes halogenated alkanes) is 1. The Kier molecular flexibility index (Phi) is 5.73. The van der Waals surface area contributed by atoms with Gasteiger partial charge in [0.1, 0.15) is 0 Å². The average Bonchev–Trinajstić information content (AvgIpc) is 3.09. The minimum Gasteiger partial charge on any atom is -0.302 e. The minimum atomic E-state index is 0.101. The maximum Gasteiger partial charge on any atom is 0.229 e. The van der Waals surface area contributed by atoms with Crippen molar-refractivity contribution in [2.75, 3.05) is 5.32 Å². The van der Waals surface area contributed by atoms with Crippen molar-refractivity contribution < 1.29 is 4.79 Å². The number of hydrogen-bond donors (Lipinski definition) is 1. The number of rotatable bonds is 7. The van der Waals surface area contributed by atoms with E-state index in [0.717, 1.165) is 36.3 Å². The molecule has 0 radical (unpaired) electrons. The van der Waals surface area contributed by atoms with Crippen molar-refractivity contribution in [3.8, 4) is 10.6 Å². The number of thiazole rings is 1. The molecule has 1 amide bonds. The summed E-state index contributed by atoms with van der Waals surface area (Å²) in [6.45, 7) is 4.22. The Bertz CT molecular complexity index is 534. The van der Waals surface area contributed by atoms with Gasteiger partial charge in [0, 0.05) is 11.3 Å². The van der Waals surface area contributed by atoms with Crippen LogP contribution in [0.3, 0.4) is 0 Å². The van der Waals surface area contributed by atoms with Crippen LogP contribution in [-0.2, 0) is 4.79 Å². The smallest absolute Gasteiger partial charge is 0.229 e. The molecule has 0 fully saturated rings. The average molecular weight is 308 g/mol. The van der Waals surface area contributed by atoms with Gasteiger partial charge in [-0.3, -0.25) is 4.79 Å². The zero-order valence-electron chi connectivity index (χ0n) is 11.9. The molecule has 2 rings (SSSR count). The lowest BCUT2D eigenvalue weighted by Crippen LogP contribution is -2.22. The van der Waals surface area contributed by atoms with Crippen LogP contribution in [0.15, 0.2) is 22.9 Å². The minimum absolute atomic E-state index is 0.101. The molecule has 0 aliphatic carbocycles. The summed E-state index contributed by atoms with van der Waals surface area (Å²) < 4.78 is 0. The van der Waals surface area contributed by atoms with Crippen LogP contribution >= 0.6 is 22.7 Å². The molecule has 3 nitrogen and oxygen atoms in total. The van der Waals surface area contributed by atoms with E-state index in [4.69, 9.17) is 0 Å². The first kappa shape index (κ1) is 15.2. The second-order valence-corrected chi connectivity index (χ2v) is 6.56. The van der Waals surface area contributed by atoms with Crippen molar-refractivity contribution >= 4 is 33.7 Å². The number of nitrogens with one attached hydrogen (secondary N) is 1. The molecule has 2 heterocycles. The van der Waals surface area contributed by atoms with Crippen molar-refractivity contribution in [1.82, 2.24) is 4.98 Å². The molecule has 0 saturated heterocycles. The summed E-state index contributed by atoms with van der Waals surface area (Å²) in [6, 6.07) is 4.05. The monoisotopic (exact) mass is 308 g/mol. The lowest BCUT2D eigenvalue weighted by Gasteiger charge is -2.12. The van der Waals surface area contributed by atoms with Gasteiger partial charge >= 0.3 is 0 Å². The number of hydrogen-bond acceptors (Lipinski definition) is 4. The zero-order valence-corrected chi connectivity index (χ0v) is 13.5. The van der Waals surface area contributed by atoms with E-state index in [1.165, 1.54) is 11.3 Å². The van der Waals surface area contributed by atoms with Gasteiger partial charge in [0.05, 0.1) is 10.6 Å². The SMILES string of the molecule is CCCCC(CC)C(=O)Nc1nc(-c2cccs2)cs1. The van der Waals surface area contributed by atoms with Gasteiger partial charge < -0.3 is 5.32 Å². The van der Waals surface area contributed by atoms with Gasteiger partial charge in [-0.1, -0.05) is 32.8 Å². The number of carbonyl (C=O) groups excluding carboxylic acids is 1. The molecule has 5 heteroatoms. The molecule has 2 aromatic rings. The van der Waals surface area contributed by atoms with Crippen LogP contribution in [0.5, 0.6) is 0 Å². The molecular formula is C15H20N2OS2. The highest BCUT2D eigenvalue weighted by Gasteiger charge is 2.17. The Balaban J connectivity index is 1.97. The lowest BCUT2D eigenvalue weighted by molar-refractivity contribution is -0.120. The molecule has 0 aliphatic rings. The standard InChI is InChI=1S/C15H20N2OS2/c1-3-5-7-11(4-2)14(18)17-15-16-12(10-20-15)13-8-6-9-19-13/h6,8-11H,3-5,7H2,1-2H3,(H,16,17,18). The van der Waals surface area contributed by atoms with E-state index >= 15 is 0 Å². The summed E-state index contributed by atoms with van der Waals surface area (Å²) in [5.41, 5.74) is 0.946. The number of thiophene rings is 1. The third-order valence-corrected chi connectivity index (χ3v) is 4.93. The van der Waals surface area contributed by atoms with E-state index in [1.807, 2.05) is 22.9 Å². The lowest BCUT2D eigenvalue weighted by atomic mass is 9.99. The van der Waals surface area contributed by atoms with E-state index in [0.29, 0.717) is 5.13 Å². The summed E-state index contributed by atoms with van der Waals surface area (Å²) in [6.07, 6.45) is 4.07. The molecule has 2 aromatic heterocycles. The molecular weight excluding hydrogens is 288 g/mol. The van der Waals surface area contributed by atoms with Crippen LogP contribution in [0.1, 0.15) is 39.5 Å². The second kappa shape index (κ2) is 7.55. The van der Waals surface area contributed by atoms with Crippen molar-refractivity contribution in [3.05, 3.63) is 22.9 Å². The molecule has 0 saturated carbocycles. The quantitative estimate of drug-likeness (QED) is 0.779. The molecule has 108 valence electrons. The first-order valence-electron chi connectivity index (χ1n) is 7.04. The number of anilines is 1. The predicted octanol–water partition coefficient (Wildman–Crippen LogP) is 5.03. The van der Waals surface area contributed by atoms with Crippen LogP contribution in [0.25, 0.3) is 10.6 Å². The van der Waals surface area contributed by atoms with Crippen molar-refractivity contribution in [2.24, 2.45) is 5.92 Å². The fourth-order valence-electron chi connectivity index (χ4n) is 2.05. The normalized spacial score (nSPS) is 12.3. The fourth-order valence-corrected chi connectivity index (χ4v) is 3.52. The van der Waals surface area contributed by atoms with Gasteiger partial charge in [-0.15, -0.1) is 22.7 Å². The van der Waals surface area contributed by atoms with Gasteiger partial charge in [0.25, 0.3) is 0 Å². The van der Waals surface area contributed by atoms with E-state index in [2.05, 4.69) is 24.1 Å². The van der Waals surface area contributed by atoms with E-state index in [1.54, 1.807) is 11.3 Å². The van der Waals surface area contributed by atoms with Gasteiger partial charge in [-0.25, -0.2) is 4.98 Å². The fraction of sp³-hybridized carbons (Fsp3) is 0.467. The Hall–Kier alpha value is -1.20. The highest BCUT2D eigenvalue weighted by atomic mass is 32.1. The number of nitrogens with zero attached hydrogens (tertiary/aromatic N) is 1. The highest BCUT2D eigenvalue weighted by molar-refractivity contribution is 7.16. The molecule has 0 bridgehead atoms. The number of carbonyl (C=O) groups is 1. The Morgan fingerprint density at radius 2 is 2.25 bits per heavy atom. The molecule has 0 aromatic carbocycles. The van der Waals surface area contributed by atoms with Crippen molar-refractivity contribution in [2.45, 2.75) is 39.5 Å². The van der Waals surface area contributed by atoms with Crippen LogP contribution < -0.4 is 5.32 Å². The molecule has 0 spiro atoms. The first-order valence-corrected chi connectivity index (χ1v) is 8.80. The number of amides is 1. The summed E-state index contributed by atoms with van der Waals surface area (Å²) in [5, 5.41) is 7.69. The maximum atomic E-state index is 12.2. The van der Waals surface area contributed by atoms with Gasteiger partial charge in [0.2, 0.25) is 5.91 Å². The molecule has 1 unspecified atom stereocenters. The molecule has 20 heavy (non-hydrogen) atoms. The third kappa shape index (κ3) is 3.90. The molecule has 1 atom stereocenters. The number of aromatic nitrogens is 1. The van der Waals surface area contributed by atoms with Crippen LogP contribution in [0.2, 0.25) is 0 Å². The van der Waals surface area contributed by atoms with Crippen molar-refractivity contribution in [3.63, 3.8) is 0 Å². The summed E-state index contributed by atoms with van der Waals surface area (Å²) in [4.78, 5) is 17.8. The summed E-state index contributed by atoms with van der Waals surface area (Å²) in [7, 11) is 0. The second-order valence-electron chi connectivity index (χ2n) is 4.75. The van der Waals surface area contributed by atoms with E-state index < -0.39 is 0 Å².